The molecule has 21 heavy (non-hydrogen) atoms. The molecule has 1 amide bonds. The van der Waals surface area contributed by atoms with Gasteiger partial charge in [-0.3, -0.25) is 4.79 Å². The van der Waals surface area contributed by atoms with E-state index in [-0.39, 0.29) is 6.61 Å². The summed E-state index contributed by atoms with van der Waals surface area (Å²) in [6, 6.07) is 11.7. The second-order valence-corrected chi connectivity index (χ2v) is 4.67. The fourth-order valence-electron chi connectivity index (χ4n) is 2.02. The molecular weight excluding hydrogens is 268 g/mol. The maximum Gasteiger partial charge on any atom is 0.338 e. The zero-order chi connectivity index (χ0) is 15.4. The molecule has 0 aliphatic heterocycles. The van der Waals surface area contributed by atoms with Crippen LogP contribution in [0.2, 0.25) is 0 Å². The number of primary amides is 1. The molecule has 0 spiro atoms. The van der Waals surface area contributed by atoms with E-state index < -0.39 is 11.9 Å². The molecule has 4 N–H and O–H groups in total. The highest BCUT2D eigenvalue weighted by Gasteiger charge is 2.13. The molecule has 2 rings (SSSR count). The van der Waals surface area contributed by atoms with Gasteiger partial charge in [0.25, 0.3) is 0 Å². The molecule has 2 aromatic rings. The number of benzene rings is 2. The molecule has 0 heterocycles. The molecule has 0 fully saturated rings. The number of nitrogen functional groups attached to an aromatic ring is 1. The molecule has 0 aromatic heterocycles. The Bertz CT molecular complexity index is 696. The van der Waals surface area contributed by atoms with Crippen LogP contribution in [-0.2, 0) is 11.3 Å². The van der Waals surface area contributed by atoms with E-state index in [1.165, 1.54) is 0 Å². The number of nitrogens with two attached hydrogens (primary N) is 2. The minimum Gasteiger partial charge on any atom is -0.457 e. The Balaban J connectivity index is 2.13. The zero-order valence-electron chi connectivity index (χ0n) is 11.6. The number of hydrogen-bond acceptors (Lipinski definition) is 4. The second kappa shape index (κ2) is 6.09. The molecule has 0 bridgehead atoms. The van der Waals surface area contributed by atoms with Crippen molar-refractivity contribution in [3.63, 3.8) is 0 Å². The number of carbonyl (C=O) groups excluding carboxylic acids is 2. The number of hydrogen-bond donors (Lipinski definition) is 2. The average molecular weight is 284 g/mol. The van der Waals surface area contributed by atoms with Gasteiger partial charge in [-0.1, -0.05) is 18.2 Å². The molecule has 0 saturated heterocycles. The van der Waals surface area contributed by atoms with Gasteiger partial charge < -0.3 is 16.2 Å². The molecule has 5 heteroatoms. The van der Waals surface area contributed by atoms with E-state index in [0.717, 1.165) is 5.56 Å². The summed E-state index contributed by atoms with van der Waals surface area (Å²) >= 11 is 0. The first-order chi connectivity index (χ1) is 9.99. The number of amides is 1. The Labute approximate surface area is 122 Å². The van der Waals surface area contributed by atoms with Gasteiger partial charge in [-0.15, -0.1) is 0 Å². The van der Waals surface area contributed by atoms with Crippen LogP contribution in [0.4, 0.5) is 5.69 Å². The van der Waals surface area contributed by atoms with Crippen molar-refractivity contribution < 1.29 is 14.3 Å². The fraction of sp³-hybridized carbons (Fsp3) is 0.125. The van der Waals surface area contributed by atoms with Crippen molar-refractivity contribution in [1.82, 2.24) is 0 Å². The smallest absolute Gasteiger partial charge is 0.338 e. The molecule has 0 aliphatic rings. The van der Waals surface area contributed by atoms with E-state index in [2.05, 4.69) is 0 Å². The highest BCUT2D eigenvalue weighted by molar-refractivity contribution is 5.94. The maximum absolute atomic E-state index is 12.1. The zero-order valence-corrected chi connectivity index (χ0v) is 11.6. The van der Waals surface area contributed by atoms with Crippen LogP contribution in [0.3, 0.4) is 0 Å². The van der Waals surface area contributed by atoms with E-state index in [1.807, 2.05) is 0 Å². The summed E-state index contributed by atoms with van der Waals surface area (Å²) in [4.78, 5) is 23.3. The van der Waals surface area contributed by atoms with Crippen LogP contribution in [0.5, 0.6) is 0 Å². The minimum atomic E-state index is -0.551. The summed E-state index contributed by atoms with van der Waals surface area (Å²) in [5.41, 5.74) is 13.6. The Hall–Kier alpha value is -2.82. The Morgan fingerprint density at radius 3 is 2.48 bits per heavy atom. The monoisotopic (exact) mass is 284 g/mol. The summed E-state index contributed by atoms with van der Waals surface area (Å²) in [7, 11) is 0. The summed E-state index contributed by atoms with van der Waals surface area (Å²) in [6.07, 6.45) is 0. The van der Waals surface area contributed by atoms with Crippen LogP contribution < -0.4 is 11.5 Å². The molecule has 108 valence electrons. The fourth-order valence-corrected chi connectivity index (χ4v) is 2.02. The van der Waals surface area contributed by atoms with E-state index in [0.29, 0.717) is 22.4 Å². The minimum absolute atomic E-state index is 0.0121. The first-order valence-electron chi connectivity index (χ1n) is 6.40. The van der Waals surface area contributed by atoms with Crippen molar-refractivity contribution in [2.75, 3.05) is 5.73 Å². The van der Waals surface area contributed by atoms with Gasteiger partial charge in [0, 0.05) is 16.8 Å². The predicted octanol–water partition coefficient (Wildman–Crippen LogP) is 2.03. The van der Waals surface area contributed by atoms with Crippen molar-refractivity contribution in [2.45, 2.75) is 13.5 Å². The number of esters is 1. The number of rotatable bonds is 4. The number of aryl methyl sites for hydroxylation is 1. The summed E-state index contributed by atoms with van der Waals surface area (Å²) < 4.78 is 5.24. The summed E-state index contributed by atoms with van der Waals surface area (Å²) in [5.74, 6) is -1.02. The Morgan fingerprint density at radius 1 is 1.10 bits per heavy atom. The van der Waals surface area contributed by atoms with E-state index in [9.17, 15) is 9.59 Å². The topological polar surface area (TPSA) is 95.4 Å². The van der Waals surface area contributed by atoms with Crippen molar-refractivity contribution >= 4 is 17.6 Å². The lowest BCUT2D eigenvalue weighted by molar-refractivity contribution is 0.0469. The highest BCUT2D eigenvalue weighted by atomic mass is 16.5. The molecule has 0 aliphatic carbocycles. The van der Waals surface area contributed by atoms with Crippen LogP contribution in [-0.4, -0.2) is 11.9 Å². The van der Waals surface area contributed by atoms with Crippen molar-refractivity contribution in [3.8, 4) is 0 Å². The Morgan fingerprint density at radius 2 is 1.81 bits per heavy atom. The van der Waals surface area contributed by atoms with E-state index >= 15 is 0 Å². The quantitative estimate of drug-likeness (QED) is 0.663. The molecule has 2 aromatic carbocycles. The third-order valence-electron chi connectivity index (χ3n) is 3.11. The van der Waals surface area contributed by atoms with Gasteiger partial charge in [-0.05, 0) is 36.8 Å². The Kier molecular flexibility index (Phi) is 4.23. The van der Waals surface area contributed by atoms with Crippen molar-refractivity contribution in [1.29, 1.82) is 0 Å². The van der Waals surface area contributed by atoms with Gasteiger partial charge in [0.05, 0.1) is 5.56 Å². The van der Waals surface area contributed by atoms with Gasteiger partial charge in [0.1, 0.15) is 6.61 Å². The number of carbonyl (C=O) groups is 2. The van der Waals surface area contributed by atoms with Gasteiger partial charge in [0.2, 0.25) is 5.91 Å². The average Bonchev–Trinajstić information content (AvgIpc) is 2.45. The van der Waals surface area contributed by atoms with Crippen LogP contribution in [0.25, 0.3) is 0 Å². The molecule has 0 atom stereocenters. The lowest BCUT2D eigenvalue weighted by atomic mass is 10.1. The standard InChI is InChI=1S/C16H16N2O3/c1-10-8-12(17)6-7-13(10)16(20)21-9-11-4-2-3-5-14(11)15(18)19/h2-8H,9,17H2,1H3,(H2,18,19). The summed E-state index contributed by atoms with van der Waals surface area (Å²) in [5, 5.41) is 0. The lowest BCUT2D eigenvalue weighted by Crippen LogP contribution is -2.15. The maximum atomic E-state index is 12.1. The third kappa shape index (κ3) is 3.39. The van der Waals surface area contributed by atoms with Gasteiger partial charge in [0.15, 0.2) is 0 Å². The first-order valence-corrected chi connectivity index (χ1v) is 6.40. The van der Waals surface area contributed by atoms with E-state index in [1.54, 1.807) is 49.4 Å². The van der Waals surface area contributed by atoms with Crippen LogP contribution in [0.1, 0.15) is 31.8 Å². The van der Waals surface area contributed by atoms with Gasteiger partial charge in [-0.25, -0.2) is 4.79 Å². The molecular formula is C16H16N2O3. The predicted molar refractivity (Wildman–Crippen MR) is 79.7 cm³/mol. The number of ether oxygens (including phenoxy) is 1. The largest absolute Gasteiger partial charge is 0.457 e. The van der Waals surface area contributed by atoms with Gasteiger partial charge >= 0.3 is 5.97 Å². The van der Waals surface area contributed by atoms with Crippen LogP contribution in [0.15, 0.2) is 42.5 Å². The molecule has 0 radical (unpaired) electrons. The van der Waals surface area contributed by atoms with Crippen molar-refractivity contribution in [3.05, 3.63) is 64.7 Å². The lowest BCUT2D eigenvalue weighted by Gasteiger charge is -2.09. The second-order valence-electron chi connectivity index (χ2n) is 4.67. The SMILES string of the molecule is Cc1cc(N)ccc1C(=O)OCc1ccccc1C(N)=O. The van der Waals surface area contributed by atoms with Crippen LogP contribution in [0, 0.1) is 6.92 Å². The first kappa shape index (κ1) is 14.6. The molecule has 0 saturated carbocycles. The highest BCUT2D eigenvalue weighted by Crippen LogP contribution is 2.15. The summed E-state index contributed by atoms with van der Waals surface area (Å²) in [6.45, 7) is 1.77. The van der Waals surface area contributed by atoms with Crippen molar-refractivity contribution in [2.24, 2.45) is 5.73 Å². The molecule has 0 unspecified atom stereocenters. The van der Waals surface area contributed by atoms with Crippen LogP contribution >= 0.6 is 0 Å². The van der Waals surface area contributed by atoms with E-state index in [4.69, 9.17) is 16.2 Å². The number of anilines is 1. The normalized spacial score (nSPS) is 10.1. The third-order valence-corrected chi connectivity index (χ3v) is 3.11. The van der Waals surface area contributed by atoms with Gasteiger partial charge in [-0.2, -0.15) is 0 Å². The molecule has 5 nitrogen and oxygen atoms in total.